The van der Waals surface area contributed by atoms with Crippen molar-refractivity contribution in [2.45, 2.75) is 32.9 Å². The molecule has 0 saturated carbocycles. The predicted molar refractivity (Wildman–Crippen MR) is 83.6 cm³/mol. The monoisotopic (exact) mass is 333 g/mol. The van der Waals surface area contributed by atoms with Gasteiger partial charge >= 0.3 is 17.8 Å². The minimum absolute atomic E-state index is 0.0316. The van der Waals surface area contributed by atoms with E-state index in [4.69, 9.17) is 9.26 Å². The quantitative estimate of drug-likeness (QED) is 0.834. The van der Waals surface area contributed by atoms with Crippen molar-refractivity contribution >= 4 is 11.9 Å². The molecule has 128 valence electrons. The second-order valence-corrected chi connectivity index (χ2v) is 6.02. The smallest absolute Gasteiger partial charge is 0.337 e. The van der Waals surface area contributed by atoms with Crippen molar-refractivity contribution in [1.82, 2.24) is 15.5 Å². The molecule has 0 radical (unpaired) electrons. The summed E-state index contributed by atoms with van der Waals surface area (Å²) in [6, 6.07) is 6.41. The topological polar surface area (TPSA) is 104 Å². The molecule has 1 aromatic heterocycles. The summed E-state index contributed by atoms with van der Waals surface area (Å²) in [5, 5.41) is 6.42. The molecule has 1 heterocycles. The summed E-state index contributed by atoms with van der Waals surface area (Å²) in [5.41, 5.74) is 0.0226. The third kappa shape index (κ3) is 4.80. The normalized spacial score (nSPS) is 11.0. The van der Waals surface area contributed by atoms with E-state index in [0.29, 0.717) is 11.3 Å². The van der Waals surface area contributed by atoms with Crippen LogP contribution in [0.15, 0.2) is 28.8 Å². The van der Waals surface area contributed by atoms with Crippen LogP contribution < -0.4 is 10.1 Å². The molecule has 2 rings (SSSR count). The molecule has 1 N–H and O–H groups in total. The zero-order valence-corrected chi connectivity index (χ0v) is 14.0. The third-order valence-electron chi connectivity index (χ3n) is 2.79. The summed E-state index contributed by atoms with van der Waals surface area (Å²) >= 11 is 0. The van der Waals surface area contributed by atoms with E-state index in [0.717, 1.165) is 0 Å². The summed E-state index contributed by atoms with van der Waals surface area (Å²) in [6.07, 6.45) is 0. The van der Waals surface area contributed by atoms with Gasteiger partial charge in [0.15, 0.2) is 6.61 Å². The van der Waals surface area contributed by atoms with Gasteiger partial charge in [0.2, 0.25) is 5.82 Å². The van der Waals surface area contributed by atoms with Gasteiger partial charge in [0, 0.05) is 5.54 Å². The van der Waals surface area contributed by atoms with Gasteiger partial charge in [-0.15, -0.1) is 0 Å². The minimum atomic E-state index is -0.441. The van der Waals surface area contributed by atoms with E-state index in [1.165, 1.54) is 7.11 Å². The summed E-state index contributed by atoms with van der Waals surface area (Å²) in [4.78, 5) is 27.2. The Bertz CT molecular complexity index is 716. The largest absolute Gasteiger partial charge is 0.485 e. The van der Waals surface area contributed by atoms with Gasteiger partial charge in [0.05, 0.1) is 12.7 Å². The van der Waals surface area contributed by atoms with Crippen molar-refractivity contribution < 1.29 is 23.6 Å². The van der Waals surface area contributed by atoms with Crippen molar-refractivity contribution in [2.24, 2.45) is 0 Å². The number of esters is 1. The summed E-state index contributed by atoms with van der Waals surface area (Å²) in [6.45, 7) is 5.58. The molecule has 1 aromatic carbocycles. The fraction of sp³-hybridized carbons (Fsp3) is 0.375. The number of ether oxygens (including phenoxy) is 2. The molecule has 8 heteroatoms. The first kappa shape index (κ1) is 17.5. The zero-order valence-electron chi connectivity index (χ0n) is 14.0. The average molecular weight is 333 g/mol. The molecule has 8 nitrogen and oxygen atoms in total. The van der Waals surface area contributed by atoms with Gasteiger partial charge in [0.1, 0.15) is 5.75 Å². The molecule has 24 heavy (non-hydrogen) atoms. The van der Waals surface area contributed by atoms with E-state index in [-0.39, 0.29) is 18.3 Å². The molecule has 2 aromatic rings. The molecule has 0 fully saturated rings. The maximum absolute atomic E-state index is 11.9. The lowest BCUT2D eigenvalue weighted by Crippen LogP contribution is -2.40. The van der Waals surface area contributed by atoms with Crippen LogP contribution in [0.2, 0.25) is 0 Å². The van der Waals surface area contributed by atoms with E-state index < -0.39 is 17.4 Å². The predicted octanol–water partition coefficient (Wildman–Crippen LogP) is 1.96. The maximum Gasteiger partial charge on any atom is 0.337 e. The molecular weight excluding hydrogens is 314 g/mol. The summed E-state index contributed by atoms with van der Waals surface area (Å²) in [5.74, 6) is -0.221. The van der Waals surface area contributed by atoms with E-state index in [9.17, 15) is 9.59 Å². The number of aromatic nitrogens is 2. The Labute approximate surface area is 139 Å². The van der Waals surface area contributed by atoms with E-state index in [1.54, 1.807) is 24.3 Å². The van der Waals surface area contributed by atoms with Crippen LogP contribution in [0.5, 0.6) is 5.75 Å². The Morgan fingerprint density at radius 2 is 1.88 bits per heavy atom. The van der Waals surface area contributed by atoms with Crippen LogP contribution in [-0.4, -0.2) is 34.7 Å². The molecule has 0 aliphatic heterocycles. The van der Waals surface area contributed by atoms with Crippen molar-refractivity contribution in [2.75, 3.05) is 7.11 Å². The SMILES string of the molecule is COC(=O)c1ccc(OCc2noc(C(=O)NC(C)(C)C)n2)cc1. The lowest BCUT2D eigenvalue weighted by Gasteiger charge is -2.18. The van der Waals surface area contributed by atoms with Crippen molar-refractivity contribution in [3.8, 4) is 5.75 Å². The molecule has 0 atom stereocenters. The van der Waals surface area contributed by atoms with Crippen LogP contribution in [0.1, 0.15) is 47.6 Å². The summed E-state index contributed by atoms with van der Waals surface area (Å²) in [7, 11) is 1.32. The van der Waals surface area contributed by atoms with Gasteiger partial charge < -0.3 is 19.3 Å². The number of benzene rings is 1. The van der Waals surface area contributed by atoms with Gasteiger partial charge in [-0.3, -0.25) is 4.79 Å². The standard InChI is InChI=1S/C16H19N3O5/c1-16(2,3)18-13(20)14-17-12(19-24-14)9-23-11-7-5-10(6-8-11)15(21)22-4/h5-8H,9H2,1-4H3,(H,18,20). The van der Waals surface area contributed by atoms with Crippen LogP contribution in [0, 0.1) is 0 Å². The minimum Gasteiger partial charge on any atom is -0.485 e. The number of nitrogens with one attached hydrogen (secondary N) is 1. The number of methoxy groups -OCH3 is 1. The highest BCUT2D eigenvalue weighted by Gasteiger charge is 2.20. The van der Waals surface area contributed by atoms with Crippen LogP contribution >= 0.6 is 0 Å². The molecule has 0 bridgehead atoms. The first-order chi connectivity index (χ1) is 11.3. The van der Waals surface area contributed by atoms with Crippen LogP contribution in [0.25, 0.3) is 0 Å². The number of hydrogen-bond acceptors (Lipinski definition) is 7. The lowest BCUT2D eigenvalue weighted by atomic mass is 10.1. The molecular formula is C16H19N3O5. The number of amides is 1. The molecule has 0 unspecified atom stereocenters. The van der Waals surface area contributed by atoms with Crippen LogP contribution in [0.4, 0.5) is 0 Å². The van der Waals surface area contributed by atoms with E-state index in [2.05, 4.69) is 20.2 Å². The number of carbonyl (C=O) groups excluding carboxylic acids is 2. The van der Waals surface area contributed by atoms with Crippen molar-refractivity contribution in [3.63, 3.8) is 0 Å². The highest BCUT2D eigenvalue weighted by Crippen LogP contribution is 2.14. The maximum atomic E-state index is 11.9. The van der Waals surface area contributed by atoms with Gasteiger partial charge in [-0.1, -0.05) is 5.16 Å². The molecule has 0 aliphatic rings. The number of hydrogen-bond donors (Lipinski definition) is 1. The fourth-order valence-electron chi connectivity index (χ4n) is 1.75. The Hall–Kier alpha value is -2.90. The highest BCUT2D eigenvalue weighted by molar-refractivity contribution is 5.90. The van der Waals surface area contributed by atoms with Crippen molar-refractivity contribution in [1.29, 1.82) is 0 Å². The Balaban J connectivity index is 1.93. The number of nitrogens with zero attached hydrogens (tertiary/aromatic N) is 2. The van der Waals surface area contributed by atoms with Crippen LogP contribution in [0.3, 0.4) is 0 Å². The van der Waals surface area contributed by atoms with E-state index >= 15 is 0 Å². The molecule has 0 aliphatic carbocycles. The second-order valence-electron chi connectivity index (χ2n) is 6.02. The van der Waals surface area contributed by atoms with Gasteiger partial charge in [0.25, 0.3) is 0 Å². The third-order valence-corrected chi connectivity index (χ3v) is 2.79. The molecule has 0 saturated heterocycles. The molecule has 0 spiro atoms. The average Bonchev–Trinajstić information content (AvgIpc) is 3.00. The highest BCUT2D eigenvalue weighted by atomic mass is 16.5. The molecule has 1 amide bonds. The number of carbonyl (C=O) groups is 2. The number of rotatable bonds is 5. The second kappa shape index (κ2) is 7.12. The lowest BCUT2D eigenvalue weighted by molar-refractivity contribution is 0.0600. The van der Waals surface area contributed by atoms with Gasteiger partial charge in [-0.2, -0.15) is 4.98 Å². The Kier molecular flexibility index (Phi) is 5.18. The van der Waals surface area contributed by atoms with Gasteiger partial charge in [-0.05, 0) is 45.0 Å². The van der Waals surface area contributed by atoms with Crippen LogP contribution in [-0.2, 0) is 11.3 Å². The van der Waals surface area contributed by atoms with E-state index in [1.807, 2.05) is 20.8 Å². The Morgan fingerprint density at radius 3 is 2.46 bits per heavy atom. The summed E-state index contributed by atoms with van der Waals surface area (Å²) < 4.78 is 15.0. The zero-order chi connectivity index (χ0) is 17.7. The first-order valence-corrected chi connectivity index (χ1v) is 7.25. The van der Waals surface area contributed by atoms with Crippen molar-refractivity contribution in [3.05, 3.63) is 41.5 Å². The fourth-order valence-corrected chi connectivity index (χ4v) is 1.75. The first-order valence-electron chi connectivity index (χ1n) is 7.25. The van der Waals surface area contributed by atoms with Gasteiger partial charge in [-0.25, -0.2) is 4.79 Å². The Morgan fingerprint density at radius 1 is 1.21 bits per heavy atom.